The Bertz CT molecular complexity index is 914. The van der Waals surface area contributed by atoms with Gasteiger partial charge in [-0.2, -0.15) is 0 Å². The number of aliphatic hydroxyl groups is 1. The van der Waals surface area contributed by atoms with E-state index in [1.807, 2.05) is 0 Å². The van der Waals surface area contributed by atoms with E-state index in [0.29, 0.717) is 22.2 Å². The SMILES string of the molecule is COc1ccc2c(c1)c(CO)cn2S(=O)(=O)c1ccccc1. The Labute approximate surface area is 128 Å². The Morgan fingerprint density at radius 1 is 1.14 bits per heavy atom. The van der Waals surface area contributed by atoms with Crippen LogP contribution in [0.25, 0.3) is 10.9 Å². The molecule has 0 aliphatic heterocycles. The fourth-order valence-electron chi connectivity index (χ4n) is 2.40. The second-order valence-corrected chi connectivity index (χ2v) is 6.62. The van der Waals surface area contributed by atoms with Gasteiger partial charge in [0.15, 0.2) is 0 Å². The highest BCUT2D eigenvalue weighted by Gasteiger charge is 2.21. The topological polar surface area (TPSA) is 68.5 Å². The van der Waals surface area contributed by atoms with Crippen LogP contribution < -0.4 is 4.74 Å². The number of aliphatic hydroxyl groups excluding tert-OH is 1. The van der Waals surface area contributed by atoms with Crippen molar-refractivity contribution in [2.75, 3.05) is 7.11 Å². The fraction of sp³-hybridized carbons (Fsp3) is 0.125. The summed E-state index contributed by atoms with van der Waals surface area (Å²) in [6.07, 6.45) is 1.45. The number of aromatic nitrogens is 1. The lowest BCUT2D eigenvalue weighted by atomic mass is 10.2. The molecule has 0 aliphatic rings. The third kappa shape index (κ3) is 2.26. The molecule has 5 nitrogen and oxygen atoms in total. The second-order valence-electron chi connectivity index (χ2n) is 4.81. The van der Waals surface area contributed by atoms with Crippen LogP contribution in [0.2, 0.25) is 0 Å². The third-order valence-electron chi connectivity index (χ3n) is 3.53. The maximum atomic E-state index is 12.8. The van der Waals surface area contributed by atoms with Gasteiger partial charge in [0.25, 0.3) is 10.0 Å². The summed E-state index contributed by atoms with van der Waals surface area (Å²) in [5, 5.41) is 10.2. The van der Waals surface area contributed by atoms with Crippen LogP contribution in [0.4, 0.5) is 0 Å². The van der Waals surface area contributed by atoms with Crippen molar-refractivity contribution in [2.24, 2.45) is 0 Å². The van der Waals surface area contributed by atoms with E-state index in [1.54, 1.807) is 48.5 Å². The van der Waals surface area contributed by atoms with Gasteiger partial charge in [0, 0.05) is 17.1 Å². The van der Waals surface area contributed by atoms with E-state index in [2.05, 4.69) is 0 Å². The first-order chi connectivity index (χ1) is 10.6. The maximum Gasteiger partial charge on any atom is 0.268 e. The average Bonchev–Trinajstić information content (AvgIpc) is 2.94. The highest BCUT2D eigenvalue weighted by atomic mass is 32.2. The lowest BCUT2D eigenvalue weighted by molar-refractivity contribution is 0.283. The number of fused-ring (bicyclic) bond motifs is 1. The molecule has 2 aromatic carbocycles. The Balaban J connectivity index is 2.28. The van der Waals surface area contributed by atoms with E-state index in [-0.39, 0.29) is 11.5 Å². The molecule has 0 atom stereocenters. The molecule has 3 aromatic rings. The monoisotopic (exact) mass is 317 g/mol. The summed E-state index contributed by atoms with van der Waals surface area (Å²) in [5.41, 5.74) is 1.04. The van der Waals surface area contributed by atoms with Crippen LogP contribution in [-0.2, 0) is 16.6 Å². The molecule has 0 spiro atoms. The average molecular weight is 317 g/mol. The van der Waals surface area contributed by atoms with Gasteiger partial charge in [-0.15, -0.1) is 0 Å². The smallest absolute Gasteiger partial charge is 0.268 e. The lowest BCUT2D eigenvalue weighted by Crippen LogP contribution is -2.11. The van der Waals surface area contributed by atoms with E-state index in [9.17, 15) is 13.5 Å². The molecule has 0 radical (unpaired) electrons. The zero-order valence-electron chi connectivity index (χ0n) is 11.9. The van der Waals surface area contributed by atoms with Crippen molar-refractivity contribution in [3.63, 3.8) is 0 Å². The summed E-state index contributed by atoms with van der Waals surface area (Å²) in [6, 6.07) is 13.3. The predicted octanol–water partition coefficient (Wildman–Crippen LogP) is 2.38. The minimum Gasteiger partial charge on any atom is -0.497 e. The molecule has 1 aromatic heterocycles. The zero-order chi connectivity index (χ0) is 15.7. The van der Waals surface area contributed by atoms with E-state index < -0.39 is 10.0 Å². The van der Waals surface area contributed by atoms with Crippen molar-refractivity contribution in [2.45, 2.75) is 11.5 Å². The van der Waals surface area contributed by atoms with Gasteiger partial charge in [-0.3, -0.25) is 0 Å². The van der Waals surface area contributed by atoms with Gasteiger partial charge < -0.3 is 9.84 Å². The fourth-order valence-corrected chi connectivity index (χ4v) is 3.82. The molecular formula is C16H15NO4S. The second kappa shape index (κ2) is 5.47. The summed E-state index contributed by atoms with van der Waals surface area (Å²) in [4.78, 5) is 0.201. The van der Waals surface area contributed by atoms with E-state index >= 15 is 0 Å². The maximum absolute atomic E-state index is 12.8. The molecule has 3 rings (SSSR count). The molecule has 1 N–H and O–H groups in total. The van der Waals surface area contributed by atoms with Gasteiger partial charge in [-0.25, -0.2) is 12.4 Å². The van der Waals surface area contributed by atoms with Crippen molar-refractivity contribution in [3.05, 3.63) is 60.3 Å². The molecule has 22 heavy (non-hydrogen) atoms. The Morgan fingerprint density at radius 3 is 2.50 bits per heavy atom. The first kappa shape index (κ1) is 14.6. The number of benzene rings is 2. The summed E-state index contributed by atoms with van der Waals surface area (Å²) in [6.45, 7) is -0.249. The standard InChI is InChI=1S/C16H15NO4S/c1-21-13-7-8-16-15(9-13)12(11-18)10-17(16)22(19,20)14-5-3-2-4-6-14/h2-10,18H,11H2,1H3. The molecule has 0 amide bonds. The molecule has 0 saturated carbocycles. The van der Waals surface area contributed by atoms with Crippen LogP contribution in [0, 0.1) is 0 Å². The van der Waals surface area contributed by atoms with Crippen molar-refractivity contribution < 1.29 is 18.3 Å². The molecule has 0 unspecified atom stereocenters. The molecular weight excluding hydrogens is 302 g/mol. The van der Waals surface area contributed by atoms with Gasteiger partial charge in [-0.05, 0) is 30.3 Å². The van der Waals surface area contributed by atoms with E-state index in [0.717, 1.165) is 0 Å². The largest absolute Gasteiger partial charge is 0.497 e. The van der Waals surface area contributed by atoms with Crippen LogP contribution in [0.5, 0.6) is 5.75 Å². The van der Waals surface area contributed by atoms with Crippen molar-refractivity contribution in [3.8, 4) is 5.75 Å². The highest BCUT2D eigenvalue weighted by molar-refractivity contribution is 7.90. The molecule has 0 bridgehead atoms. The van der Waals surface area contributed by atoms with Gasteiger partial charge in [0.1, 0.15) is 5.75 Å². The van der Waals surface area contributed by atoms with Crippen LogP contribution >= 0.6 is 0 Å². The highest BCUT2D eigenvalue weighted by Crippen LogP contribution is 2.29. The van der Waals surface area contributed by atoms with Gasteiger partial charge >= 0.3 is 0 Å². The summed E-state index contributed by atoms with van der Waals surface area (Å²) < 4.78 is 31.9. The Morgan fingerprint density at radius 2 is 1.86 bits per heavy atom. The minimum absolute atomic E-state index is 0.201. The number of nitrogens with zero attached hydrogens (tertiary/aromatic N) is 1. The minimum atomic E-state index is -3.71. The quantitative estimate of drug-likeness (QED) is 0.802. The summed E-state index contributed by atoms with van der Waals surface area (Å²) in [7, 11) is -2.17. The third-order valence-corrected chi connectivity index (χ3v) is 5.22. The lowest BCUT2D eigenvalue weighted by Gasteiger charge is -2.07. The van der Waals surface area contributed by atoms with E-state index in [4.69, 9.17) is 4.74 Å². The summed E-state index contributed by atoms with van der Waals surface area (Å²) >= 11 is 0. The zero-order valence-corrected chi connectivity index (χ0v) is 12.7. The molecule has 0 fully saturated rings. The first-order valence-corrected chi connectivity index (χ1v) is 8.11. The van der Waals surface area contributed by atoms with Crippen LogP contribution in [0.15, 0.2) is 59.6 Å². The van der Waals surface area contributed by atoms with Gasteiger partial charge in [-0.1, -0.05) is 18.2 Å². The van der Waals surface area contributed by atoms with Crippen molar-refractivity contribution in [1.82, 2.24) is 3.97 Å². The van der Waals surface area contributed by atoms with Crippen LogP contribution in [-0.4, -0.2) is 24.6 Å². The molecule has 0 saturated heterocycles. The number of ether oxygens (including phenoxy) is 1. The van der Waals surface area contributed by atoms with Crippen LogP contribution in [0.1, 0.15) is 5.56 Å². The first-order valence-electron chi connectivity index (χ1n) is 6.67. The van der Waals surface area contributed by atoms with Crippen molar-refractivity contribution in [1.29, 1.82) is 0 Å². The molecule has 6 heteroatoms. The Kier molecular flexibility index (Phi) is 3.64. The van der Waals surface area contributed by atoms with Gasteiger partial charge in [0.05, 0.1) is 24.1 Å². The normalized spacial score (nSPS) is 11.7. The predicted molar refractivity (Wildman–Crippen MR) is 83.4 cm³/mol. The number of hydrogen-bond acceptors (Lipinski definition) is 4. The van der Waals surface area contributed by atoms with Gasteiger partial charge in [0.2, 0.25) is 0 Å². The van der Waals surface area contributed by atoms with Crippen molar-refractivity contribution >= 4 is 20.9 Å². The van der Waals surface area contributed by atoms with Crippen LogP contribution in [0.3, 0.4) is 0 Å². The number of rotatable bonds is 4. The summed E-state index contributed by atoms with van der Waals surface area (Å²) in [5.74, 6) is 0.608. The molecule has 1 heterocycles. The number of hydrogen-bond donors (Lipinski definition) is 1. The molecule has 0 aliphatic carbocycles. The van der Waals surface area contributed by atoms with E-state index in [1.165, 1.54) is 17.3 Å². The Hall–Kier alpha value is -2.31. The number of methoxy groups -OCH3 is 1. The molecule has 114 valence electrons.